The van der Waals surface area contributed by atoms with Crippen LogP contribution in [0.3, 0.4) is 0 Å². The van der Waals surface area contributed by atoms with E-state index in [2.05, 4.69) is 17.4 Å². The molecule has 1 N–H and O–H groups in total. The van der Waals surface area contributed by atoms with Gasteiger partial charge in [-0.2, -0.15) is 0 Å². The van der Waals surface area contributed by atoms with E-state index in [4.69, 9.17) is 4.74 Å². The molecule has 1 aromatic rings. The van der Waals surface area contributed by atoms with Crippen LogP contribution in [-0.2, 0) is 11.2 Å². The lowest BCUT2D eigenvalue weighted by Gasteiger charge is -2.25. The molecule has 2 rings (SSSR count). The number of carbonyl (C=O) groups is 1. The summed E-state index contributed by atoms with van der Waals surface area (Å²) in [4.78, 5) is 11.3. The summed E-state index contributed by atoms with van der Waals surface area (Å²) in [6.07, 6.45) is 4.99. The second-order valence-electron chi connectivity index (χ2n) is 4.50. The second-order valence-corrected chi connectivity index (χ2v) is 4.50. The van der Waals surface area contributed by atoms with E-state index in [1.807, 2.05) is 18.2 Å². The Balaban J connectivity index is 1.55. The lowest BCUT2D eigenvalue weighted by atomic mass is 9.93. The molecule has 1 amide bonds. The standard InChI is InChI=1S/C14H19NO2/c16-14(15-13-9-4-10-13)17-11-5-8-12-6-2-1-3-7-12/h1-3,6-7,13H,4-5,8-11H2,(H,15,16). The van der Waals surface area contributed by atoms with Crippen molar-refractivity contribution in [1.82, 2.24) is 5.32 Å². The van der Waals surface area contributed by atoms with Gasteiger partial charge in [0.05, 0.1) is 6.61 Å². The van der Waals surface area contributed by atoms with Crippen molar-refractivity contribution in [2.45, 2.75) is 38.1 Å². The van der Waals surface area contributed by atoms with Gasteiger partial charge < -0.3 is 10.1 Å². The Morgan fingerprint density at radius 3 is 2.71 bits per heavy atom. The molecule has 0 bridgehead atoms. The molecule has 1 aromatic carbocycles. The maximum atomic E-state index is 11.3. The fraction of sp³-hybridized carbons (Fsp3) is 0.500. The number of amides is 1. The Bertz CT molecular complexity index is 346. The predicted octanol–water partition coefficient (Wildman–Crippen LogP) is 2.90. The first-order chi connectivity index (χ1) is 8.34. The maximum Gasteiger partial charge on any atom is 0.407 e. The fourth-order valence-electron chi connectivity index (χ4n) is 1.85. The van der Waals surface area contributed by atoms with Gasteiger partial charge in [0.1, 0.15) is 0 Å². The molecule has 1 saturated carbocycles. The number of alkyl carbamates (subject to hydrolysis) is 1. The van der Waals surface area contributed by atoms with Crippen molar-refractivity contribution in [3.8, 4) is 0 Å². The van der Waals surface area contributed by atoms with Crippen molar-refractivity contribution >= 4 is 6.09 Å². The molecule has 0 saturated heterocycles. The van der Waals surface area contributed by atoms with Crippen molar-refractivity contribution in [1.29, 1.82) is 0 Å². The molecule has 1 aliphatic rings. The normalized spacial score (nSPS) is 15.1. The van der Waals surface area contributed by atoms with Crippen molar-refractivity contribution in [3.05, 3.63) is 35.9 Å². The highest BCUT2D eigenvalue weighted by atomic mass is 16.5. The van der Waals surface area contributed by atoms with Gasteiger partial charge in [0, 0.05) is 6.04 Å². The summed E-state index contributed by atoms with van der Waals surface area (Å²) in [5.74, 6) is 0. The molecule has 3 nitrogen and oxygen atoms in total. The van der Waals surface area contributed by atoms with Crippen LogP contribution >= 0.6 is 0 Å². The quantitative estimate of drug-likeness (QED) is 0.794. The van der Waals surface area contributed by atoms with E-state index in [1.54, 1.807) is 0 Å². The highest BCUT2D eigenvalue weighted by Crippen LogP contribution is 2.17. The minimum absolute atomic E-state index is 0.261. The average molecular weight is 233 g/mol. The van der Waals surface area contributed by atoms with Gasteiger partial charge in [0.15, 0.2) is 0 Å². The van der Waals surface area contributed by atoms with Crippen molar-refractivity contribution in [3.63, 3.8) is 0 Å². The van der Waals surface area contributed by atoms with E-state index in [9.17, 15) is 4.79 Å². The second kappa shape index (κ2) is 6.28. The number of hydrogen-bond acceptors (Lipinski definition) is 2. The molecular weight excluding hydrogens is 214 g/mol. The van der Waals surface area contributed by atoms with E-state index >= 15 is 0 Å². The van der Waals surface area contributed by atoms with E-state index in [1.165, 1.54) is 12.0 Å². The lowest BCUT2D eigenvalue weighted by Crippen LogP contribution is -2.39. The maximum absolute atomic E-state index is 11.3. The summed E-state index contributed by atoms with van der Waals surface area (Å²) in [6.45, 7) is 0.493. The Morgan fingerprint density at radius 2 is 2.06 bits per heavy atom. The third-order valence-electron chi connectivity index (χ3n) is 3.11. The third-order valence-corrected chi connectivity index (χ3v) is 3.11. The van der Waals surface area contributed by atoms with Crippen molar-refractivity contribution < 1.29 is 9.53 Å². The van der Waals surface area contributed by atoms with Gasteiger partial charge >= 0.3 is 6.09 Å². The molecule has 1 aliphatic carbocycles. The zero-order valence-corrected chi connectivity index (χ0v) is 10.0. The molecule has 3 heteroatoms. The van der Waals surface area contributed by atoms with E-state index in [0.29, 0.717) is 12.6 Å². The Hall–Kier alpha value is -1.51. The van der Waals surface area contributed by atoms with Gasteiger partial charge in [0.25, 0.3) is 0 Å². The number of ether oxygens (including phenoxy) is 1. The topological polar surface area (TPSA) is 38.3 Å². The molecule has 0 aliphatic heterocycles. The number of nitrogens with one attached hydrogen (secondary N) is 1. The van der Waals surface area contributed by atoms with Gasteiger partial charge in [-0.1, -0.05) is 30.3 Å². The van der Waals surface area contributed by atoms with Crippen LogP contribution in [0.15, 0.2) is 30.3 Å². The average Bonchev–Trinajstić information content (AvgIpc) is 2.31. The molecule has 0 atom stereocenters. The van der Waals surface area contributed by atoms with Crippen LogP contribution in [0.1, 0.15) is 31.2 Å². The zero-order chi connectivity index (χ0) is 11.9. The summed E-state index contributed by atoms with van der Waals surface area (Å²) in [5, 5.41) is 2.85. The van der Waals surface area contributed by atoms with Crippen LogP contribution in [0.2, 0.25) is 0 Å². The number of benzene rings is 1. The summed E-state index contributed by atoms with van der Waals surface area (Å²) < 4.78 is 5.12. The van der Waals surface area contributed by atoms with E-state index < -0.39 is 0 Å². The smallest absolute Gasteiger partial charge is 0.407 e. The highest BCUT2D eigenvalue weighted by molar-refractivity contribution is 5.67. The fourth-order valence-corrected chi connectivity index (χ4v) is 1.85. The van der Waals surface area contributed by atoms with Crippen molar-refractivity contribution in [2.75, 3.05) is 6.61 Å². The Kier molecular flexibility index (Phi) is 4.42. The summed E-state index contributed by atoms with van der Waals surface area (Å²) in [6, 6.07) is 10.6. The first kappa shape index (κ1) is 12.0. The number of rotatable bonds is 5. The molecule has 0 radical (unpaired) electrons. The first-order valence-electron chi connectivity index (χ1n) is 6.32. The van der Waals surface area contributed by atoms with E-state index in [0.717, 1.165) is 25.7 Å². The minimum Gasteiger partial charge on any atom is -0.450 e. The van der Waals surface area contributed by atoms with Gasteiger partial charge in [-0.15, -0.1) is 0 Å². The SMILES string of the molecule is O=C(NC1CCC1)OCCCc1ccccc1. The van der Waals surface area contributed by atoms with E-state index in [-0.39, 0.29) is 6.09 Å². The van der Waals surface area contributed by atoms with Gasteiger partial charge in [-0.3, -0.25) is 0 Å². The Labute approximate surface area is 102 Å². The Morgan fingerprint density at radius 1 is 1.29 bits per heavy atom. The van der Waals surface area contributed by atoms with Gasteiger partial charge in [-0.05, 0) is 37.7 Å². The molecule has 0 heterocycles. The number of carbonyl (C=O) groups excluding carboxylic acids is 1. The van der Waals surface area contributed by atoms with Gasteiger partial charge in [0.2, 0.25) is 0 Å². The zero-order valence-electron chi connectivity index (χ0n) is 10.0. The third kappa shape index (κ3) is 4.10. The lowest BCUT2D eigenvalue weighted by molar-refractivity contribution is 0.135. The monoisotopic (exact) mass is 233 g/mol. The molecule has 0 unspecified atom stereocenters. The summed E-state index contributed by atoms with van der Waals surface area (Å²) >= 11 is 0. The van der Waals surface area contributed by atoms with Gasteiger partial charge in [-0.25, -0.2) is 4.79 Å². The first-order valence-corrected chi connectivity index (χ1v) is 6.32. The molecule has 0 spiro atoms. The van der Waals surface area contributed by atoms with Crippen LogP contribution in [-0.4, -0.2) is 18.7 Å². The van der Waals surface area contributed by atoms with Crippen LogP contribution in [0.25, 0.3) is 0 Å². The van der Waals surface area contributed by atoms with Crippen LogP contribution < -0.4 is 5.32 Å². The minimum atomic E-state index is -0.261. The van der Waals surface area contributed by atoms with Crippen LogP contribution in [0, 0.1) is 0 Å². The molecule has 1 fully saturated rings. The van der Waals surface area contributed by atoms with Crippen molar-refractivity contribution in [2.24, 2.45) is 0 Å². The number of aryl methyl sites for hydroxylation is 1. The number of hydrogen-bond donors (Lipinski definition) is 1. The highest BCUT2D eigenvalue weighted by Gasteiger charge is 2.19. The molecule has 17 heavy (non-hydrogen) atoms. The predicted molar refractivity (Wildman–Crippen MR) is 66.9 cm³/mol. The van der Waals surface area contributed by atoms with Crippen LogP contribution in [0.4, 0.5) is 4.79 Å². The van der Waals surface area contributed by atoms with Crippen LogP contribution in [0.5, 0.6) is 0 Å². The molecule has 92 valence electrons. The summed E-state index contributed by atoms with van der Waals surface area (Å²) in [5.41, 5.74) is 1.29. The molecule has 0 aromatic heterocycles. The summed E-state index contributed by atoms with van der Waals surface area (Å²) in [7, 11) is 0. The largest absolute Gasteiger partial charge is 0.450 e. The molecular formula is C14H19NO2.